The second-order valence-corrected chi connectivity index (χ2v) is 12.5. The highest BCUT2D eigenvalue weighted by Crippen LogP contribution is 2.33. The van der Waals surface area contributed by atoms with Crippen LogP contribution >= 0.6 is 11.6 Å². The van der Waals surface area contributed by atoms with Crippen molar-refractivity contribution < 1.29 is 9.53 Å². The Hall–Kier alpha value is -2.24. The highest BCUT2D eigenvalue weighted by atomic mass is 35.5. The second kappa shape index (κ2) is 7.17. The van der Waals surface area contributed by atoms with Crippen molar-refractivity contribution in [3.8, 4) is 11.1 Å². The van der Waals surface area contributed by atoms with Crippen molar-refractivity contribution in [1.82, 2.24) is 9.97 Å². The third-order valence-electron chi connectivity index (χ3n) is 4.18. The summed E-state index contributed by atoms with van der Waals surface area (Å²) in [4.78, 5) is 21.2. The van der Waals surface area contributed by atoms with Gasteiger partial charge in [0.05, 0.1) is 36.3 Å². The van der Waals surface area contributed by atoms with Gasteiger partial charge >= 0.3 is 5.97 Å². The molecule has 0 atom stereocenters. The fraction of sp³-hybridized carbons (Fsp3) is 0.250. The van der Waals surface area contributed by atoms with Crippen LogP contribution in [0.5, 0.6) is 0 Å². The summed E-state index contributed by atoms with van der Waals surface area (Å²) in [7, 11) is -1.60. The zero-order chi connectivity index (χ0) is 18.9. The van der Waals surface area contributed by atoms with Crippen molar-refractivity contribution >= 4 is 41.9 Å². The normalized spacial score (nSPS) is 11.6. The molecule has 4 nitrogen and oxygen atoms in total. The van der Waals surface area contributed by atoms with Crippen LogP contribution in [0.1, 0.15) is 17.3 Å². The van der Waals surface area contributed by atoms with Crippen molar-refractivity contribution in [2.24, 2.45) is 0 Å². The van der Waals surface area contributed by atoms with E-state index >= 15 is 0 Å². The Morgan fingerprint density at radius 3 is 2.62 bits per heavy atom. The molecule has 0 saturated carbocycles. The fourth-order valence-corrected chi connectivity index (χ4v) is 4.68. The largest absolute Gasteiger partial charge is 0.462 e. The molecule has 3 aromatic rings. The van der Waals surface area contributed by atoms with Gasteiger partial charge in [-0.15, -0.1) is 0 Å². The number of pyridine rings is 2. The quantitative estimate of drug-likeness (QED) is 0.484. The molecule has 0 fully saturated rings. The Labute approximate surface area is 159 Å². The van der Waals surface area contributed by atoms with Crippen molar-refractivity contribution in [2.75, 3.05) is 6.61 Å². The van der Waals surface area contributed by atoms with E-state index in [-0.39, 0.29) is 5.97 Å². The number of ether oxygens (including phenoxy) is 1. The molecule has 0 radical (unpaired) electrons. The van der Waals surface area contributed by atoms with E-state index < -0.39 is 8.07 Å². The maximum Gasteiger partial charge on any atom is 0.338 e. The van der Waals surface area contributed by atoms with Crippen molar-refractivity contribution in [3.05, 3.63) is 53.3 Å². The van der Waals surface area contributed by atoms with Gasteiger partial charge in [-0.3, -0.25) is 9.97 Å². The predicted molar refractivity (Wildman–Crippen MR) is 109 cm³/mol. The van der Waals surface area contributed by atoms with Gasteiger partial charge in [-0.1, -0.05) is 43.4 Å². The summed E-state index contributed by atoms with van der Waals surface area (Å²) >= 11 is 6.49. The van der Waals surface area contributed by atoms with Crippen molar-refractivity contribution in [2.45, 2.75) is 26.6 Å². The van der Waals surface area contributed by atoms with E-state index in [2.05, 4.69) is 29.6 Å². The molecule has 134 valence electrons. The number of nitrogens with zero attached hydrogens (tertiary/aromatic N) is 2. The first-order valence-corrected chi connectivity index (χ1v) is 12.4. The Morgan fingerprint density at radius 2 is 1.92 bits per heavy atom. The van der Waals surface area contributed by atoms with E-state index in [1.165, 1.54) is 5.19 Å². The summed E-state index contributed by atoms with van der Waals surface area (Å²) in [6.07, 6.45) is 3.48. The molecule has 1 aromatic carbocycles. The predicted octanol–water partition coefficient (Wildman–Crippen LogP) is 4.67. The molecule has 0 aliphatic heterocycles. The summed E-state index contributed by atoms with van der Waals surface area (Å²) in [6, 6.07) is 9.33. The number of esters is 1. The lowest BCUT2D eigenvalue weighted by Gasteiger charge is -2.19. The van der Waals surface area contributed by atoms with Crippen molar-refractivity contribution in [3.63, 3.8) is 0 Å². The van der Waals surface area contributed by atoms with Crippen LogP contribution in [-0.2, 0) is 4.74 Å². The van der Waals surface area contributed by atoms with Gasteiger partial charge in [-0.25, -0.2) is 4.79 Å². The van der Waals surface area contributed by atoms with Gasteiger partial charge in [0.25, 0.3) is 0 Å². The number of carbonyl (C=O) groups is 1. The first-order chi connectivity index (χ1) is 12.3. The number of rotatable bonds is 4. The lowest BCUT2D eigenvalue weighted by Crippen LogP contribution is -2.38. The Bertz CT molecular complexity index is 983. The summed E-state index contributed by atoms with van der Waals surface area (Å²) in [6.45, 7) is 8.96. The molecular formula is C20H21ClN2O2Si. The van der Waals surface area contributed by atoms with Gasteiger partial charge in [0.2, 0.25) is 0 Å². The molecule has 0 saturated heterocycles. The molecule has 0 unspecified atom stereocenters. The number of hydrogen-bond acceptors (Lipinski definition) is 4. The number of halogens is 1. The maximum atomic E-state index is 12.1. The van der Waals surface area contributed by atoms with Crippen molar-refractivity contribution in [1.29, 1.82) is 0 Å². The van der Waals surface area contributed by atoms with Crippen LogP contribution in [0.15, 0.2) is 42.7 Å². The summed E-state index contributed by atoms with van der Waals surface area (Å²) in [5.41, 5.74) is 3.76. The van der Waals surface area contributed by atoms with Gasteiger partial charge in [0.15, 0.2) is 0 Å². The number of aromatic nitrogens is 2. The molecule has 0 N–H and O–H groups in total. The number of fused-ring (bicyclic) bond motifs is 1. The van der Waals surface area contributed by atoms with E-state index in [1.807, 2.05) is 24.4 Å². The zero-order valence-electron chi connectivity index (χ0n) is 15.3. The van der Waals surface area contributed by atoms with E-state index in [0.717, 1.165) is 22.2 Å². The van der Waals surface area contributed by atoms with E-state index in [4.69, 9.17) is 16.3 Å². The molecule has 3 rings (SSSR count). The molecule has 0 spiro atoms. The summed E-state index contributed by atoms with van der Waals surface area (Å²) in [5, 5.41) is 1.75. The van der Waals surface area contributed by atoms with E-state index in [0.29, 0.717) is 17.2 Å². The average Bonchev–Trinajstić information content (AvgIpc) is 2.60. The minimum absolute atomic E-state index is 0.336. The first-order valence-electron chi connectivity index (χ1n) is 8.54. The molecule has 2 heterocycles. The molecule has 0 bridgehead atoms. The Balaban J connectivity index is 2.24. The number of benzene rings is 1. The van der Waals surface area contributed by atoms with Gasteiger partial charge in [0, 0.05) is 18.0 Å². The SMILES string of the molecule is CCOC(=O)c1cccc(-c2c(Cl)cnc3c([Si](C)(C)C)ccnc23)c1. The van der Waals surface area contributed by atoms with Crippen LogP contribution in [0.25, 0.3) is 22.2 Å². The number of hydrogen-bond donors (Lipinski definition) is 0. The lowest BCUT2D eigenvalue weighted by atomic mass is 10.0. The molecule has 26 heavy (non-hydrogen) atoms. The molecule has 0 aliphatic rings. The molecular weight excluding hydrogens is 364 g/mol. The minimum Gasteiger partial charge on any atom is -0.462 e. The van der Waals surface area contributed by atoms with E-state index in [9.17, 15) is 4.79 Å². The lowest BCUT2D eigenvalue weighted by molar-refractivity contribution is 0.0526. The smallest absolute Gasteiger partial charge is 0.338 e. The molecule has 2 aromatic heterocycles. The first kappa shape index (κ1) is 18.5. The maximum absolute atomic E-state index is 12.1. The highest BCUT2D eigenvalue weighted by Gasteiger charge is 2.22. The van der Waals surface area contributed by atoms with E-state index in [1.54, 1.807) is 25.3 Å². The Kier molecular flexibility index (Phi) is 5.12. The summed E-state index contributed by atoms with van der Waals surface area (Å²) < 4.78 is 5.11. The van der Waals surface area contributed by atoms with Crippen LogP contribution in [0.2, 0.25) is 24.7 Å². The highest BCUT2D eigenvalue weighted by molar-refractivity contribution is 6.90. The topological polar surface area (TPSA) is 52.1 Å². The average molecular weight is 385 g/mol. The van der Waals surface area contributed by atoms with Gasteiger partial charge < -0.3 is 4.74 Å². The second-order valence-electron chi connectivity index (χ2n) is 7.09. The molecule has 6 heteroatoms. The summed E-state index contributed by atoms with van der Waals surface area (Å²) in [5.74, 6) is -0.348. The number of carbonyl (C=O) groups excluding carboxylic acids is 1. The molecule has 0 amide bonds. The van der Waals surface area contributed by atoms with Crippen LogP contribution in [0, 0.1) is 0 Å². The van der Waals surface area contributed by atoms with Gasteiger partial charge in [-0.2, -0.15) is 0 Å². The fourth-order valence-electron chi connectivity index (χ4n) is 2.96. The van der Waals surface area contributed by atoms with Crippen LogP contribution in [0.4, 0.5) is 0 Å². The minimum atomic E-state index is -1.60. The zero-order valence-corrected chi connectivity index (χ0v) is 17.1. The third kappa shape index (κ3) is 3.50. The van der Waals surface area contributed by atoms with Crippen LogP contribution in [-0.4, -0.2) is 30.6 Å². The third-order valence-corrected chi connectivity index (χ3v) is 6.48. The monoisotopic (exact) mass is 384 g/mol. The Morgan fingerprint density at radius 1 is 1.15 bits per heavy atom. The molecule has 0 aliphatic carbocycles. The van der Waals surface area contributed by atoms with Crippen LogP contribution < -0.4 is 5.19 Å². The van der Waals surface area contributed by atoms with Gasteiger partial charge in [0.1, 0.15) is 0 Å². The van der Waals surface area contributed by atoms with Crippen LogP contribution in [0.3, 0.4) is 0 Å². The van der Waals surface area contributed by atoms with Gasteiger partial charge in [-0.05, 0) is 35.9 Å². The standard InChI is InChI=1S/C20H21ClN2O2Si/c1-5-25-20(24)14-8-6-7-13(11-14)17-15(21)12-23-18-16(26(2,3)4)9-10-22-19(17)18/h6-12H,5H2,1-4H3.